The van der Waals surface area contributed by atoms with E-state index < -0.39 is 21.9 Å². The molecule has 12 heteroatoms. The molecule has 3 aromatic rings. The van der Waals surface area contributed by atoms with Gasteiger partial charge in [-0.3, -0.25) is 13.8 Å². The van der Waals surface area contributed by atoms with E-state index in [2.05, 4.69) is 38.9 Å². The van der Waals surface area contributed by atoms with Crippen molar-refractivity contribution in [3.05, 3.63) is 93.8 Å². The van der Waals surface area contributed by atoms with Gasteiger partial charge >= 0.3 is 0 Å². The lowest BCUT2D eigenvalue weighted by Crippen LogP contribution is -2.49. The zero-order valence-corrected chi connectivity index (χ0v) is 31.0. The molecule has 2 saturated carbocycles. The van der Waals surface area contributed by atoms with Gasteiger partial charge in [-0.1, -0.05) is 29.8 Å². The van der Waals surface area contributed by atoms with E-state index in [0.717, 1.165) is 54.5 Å². The molecule has 3 aliphatic carbocycles. The highest BCUT2D eigenvalue weighted by molar-refractivity contribution is 7.76. The number of fused-ring (bicyclic) bond motifs is 7. The monoisotopic (exact) mass is 744 g/mol. The second-order valence-corrected chi connectivity index (χ2v) is 17.4. The summed E-state index contributed by atoms with van der Waals surface area (Å²) >= 11 is 6.53. The number of aromatic nitrogens is 1. The summed E-state index contributed by atoms with van der Waals surface area (Å²) < 4.78 is 38.4. The van der Waals surface area contributed by atoms with Crippen LogP contribution < -0.4 is 15.0 Å². The standard InChI is InChI=1S/C40H45ClN4O6S/c1-49-35-4-2-3-5-37(42-38(46)27-14-29-21-50-13-12-44(29)20-27)52(48)43-39(47)24-7-11-36-34(16-24)45(19-25-6-9-30(25)35)22-40(23-51-36)18-26-15-31(26)32-17-28(41)8-10-33(32)40/h2,4,7-8,10-11,14,16-17,20,25-26,30-31,35,37,52H,3,5-6,9,12-13,15,18-19,21-23H2,1H3,(H,42,46)/b4-2+/t25-,26-,30+,31-,35-,37?,40-/m0/s1. The zero-order chi connectivity index (χ0) is 35.6. The van der Waals surface area contributed by atoms with Crippen LogP contribution in [0.1, 0.15) is 82.0 Å². The highest BCUT2D eigenvalue weighted by Crippen LogP contribution is 2.61. The largest absolute Gasteiger partial charge is 0.490 e. The van der Waals surface area contributed by atoms with Crippen molar-refractivity contribution in [3.8, 4) is 5.75 Å². The molecule has 1 aromatic heterocycles. The molecule has 10 nitrogen and oxygen atoms in total. The Bertz CT molecular complexity index is 2020. The van der Waals surface area contributed by atoms with E-state index in [0.29, 0.717) is 74.0 Å². The van der Waals surface area contributed by atoms with Crippen molar-refractivity contribution in [2.45, 2.75) is 74.5 Å². The highest BCUT2D eigenvalue weighted by Gasteiger charge is 2.54. The maximum absolute atomic E-state index is 13.9. The third-order valence-corrected chi connectivity index (χ3v) is 13.9. The van der Waals surface area contributed by atoms with E-state index in [1.165, 1.54) is 17.5 Å². The predicted molar refractivity (Wildman–Crippen MR) is 200 cm³/mol. The number of allylic oxidation sites excluding steroid dienone is 1. The summed E-state index contributed by atoms with van der Waals surface area (Å²) in [5.41, 5.74) is 5.04. The quantitative estimate of drug-likeness (QED) is 0.241. The van der Waals surface area contributed by atoms with Crippen LogP contribution in [-0.2, 0) is 38.6 Å². The molecule has 2 fully saturated rings. The second kappa shape index (κ2) is 13.6. The van der Waals surface area contributed by atoms with Crippen molar-refractivity contribution in [2.24, 2.45) is 22.1 Å². The molecule has 1 N–H and O–H groups in total. The minimum Gasteiger partial charge on any atom is -0.490 e. The molecule has 2 amide bonds. The second-order valence-electron chi connectivity index (χ2n) is 15.5. The van der Waals surface area contributed by atoms with E-state index in [1.54, 1.807) is 25.4 Å². The van der Waals surface area contributed by atoms with Crippen LogP contribution in [0.15, 0.2) is 65.2 Å². The number of halogens is 1. The van der Waals surface area contributed by atoms with E-state index in [4.69, 9.17) is 25.8 Å². The van der Waals surface area contributed by atoms with Crippen LogP contribution in [0, 0.1) is 17.8 Å². The number of hydrogen-bond acceptors (Lipinski definition) is 7. The fraction of sp³-hybridized carbons (Fsp3) is 0.500. The van der Waals surface area contributed by atoms with E-state index in [-0.39, 0.29) is 17.4 Å². The molecule has 2 aromatic carbocycles. The van der Waals surface area contributed by atoms with Gasteiger partial charge in [0.2, 0.25) is 0 Å². The summed E-state index contributed by atoms with van der Waals surface area (Å²) in [5, 5.41) is 2.88. The van der Waals surface area contributed by atoms with Gasteiger partial charge in [-0.2, -0.15) is 4.36 Å². The van der Waals surface area contributed by atoms with Gasteiger partial charge in [0.05, 0.1) is 47.8 Å². The first-order valence-electron chi connectivity index (χ1n) is 18.6. The average Bonchev–Trinajstić information content (AvgIpc) is 3.81. The van der Waals surface area contributed by atoms with Crippen LogP contribution in [0.3, 0.4) is 0 Å². The Morgan fingerprint density at radius 2 is 2.04 bits per heavy atom. The number of methoxy groups -OCH3 is 1. The number of carbonyl (C=O) groups excluding carboxylic acids is 2. The minimum atomic E-state index is -2.49. The van der Waals surface area contributed by atoms with Crippen LogP contribution >= 0.6 is 11.6 Å². The molecule has 52 heavy (non-hydrogen) atoms. The number of carbonyl (C=O) groups is 2. The molecule has 8 atom stereocenters. The van der Waals surface area contributed by atoms with Gasteiger partial charge in [0, 0.05) is 54.6 Å². The van der Waals surface area contributed by atoms with Crippen molar-refractivity contribution in [1.29, 1.82) is 0 Å². The first kappa shape index (κ1) is 34.1. The Labute approximate surface area is 311 Å². The smallest absolute Gasteiger partial charge is 0.285 e. The Kier molecular flexibility index (Phi) is 8.96. The van der Waals surface area contributed by atoms with Crippen molar-refractivity contribution in [2.75, 3.05) is 38.3 Å². The first-order chi connectivity index (χ1) is 25.3. The molecule has 3 aliphatic heterocycles. The van der Waals surface area contributed by atoms with Gasteiger partial charge in [0.15, 0.2) is 0 Å². The van der Waals surface area contributed by atoms with E-state index >= 15 is 0 Å². The molecule has 0 radical (unpaired) electrons. The van der Waals surface area contributed by atoms with Crippen molar-refractivity contribution in [1.82, 2.24) is 9.88 Å². The highest BCUT2D eigenvalue weighted by atomic mass is 35.5. The lowest BCUT2D eigenvalue weighted by molar-refractivity contribution is 0.0131. The summed E-state index contributed by atoms with van der Waals surface area (Å²) in [6, 6.07) is 13.6. The van der Waals surface area contributed by atoms with Crippen LogP contribution in [0.25, 0.3) is 0 Å². The van der Waals surface area contributed by atoms with Gasteiger partial charge in [-0.15, -0.1) is 0 Å². The third kappa shape index (κ3) is 6.27. The fourth-order valence-corrected chi connectivity index (χ4v) is 10.6. The van der Waals surface area contributed by atoms with Gasteiger partial charge < -0.3 is 29.0 Å². The number of rotatable bonds is 3. The average molecular weight is 745 g/mol. The number of ether oxygens (including phenoxy) is 3. The van der Waals surface area contributed by atoms with E-state index in [9.17, 15) is 13.8 Å². The van der Waals surface area contributed by atoms with Crippen molar-refractivity contribution >= 4 is 39.7 Å². The normalized spacial score (nSPS) is 33.1. The predicted octanol–water partition coefficient (Wildman–Crippen LogP) is 6.27. The van der Waals surface area contributed by atoms with Gasteiger partial charge in [-0.05, 0) is 110 Å². The Morgan fingerprint density at radius 1 is 1.13 bits per heavy atom. The molecule has 274 valence electrons. The number of thiol groups is 1. The van der Waals surface area contributed by atoms with Crippen LogP contribution in [0.2, 0.25) is 5.02 Å². The lowest BCUT2D eigenvalue weighted by atomic mass is 9.68. The van der Waals surface area contributed by atoms with Gasteiger partial charge in [-0.25, -0.2) is 0 Å². The Balaban J connectivity index is 1.06. The number of nitrogens with zero attached hydrogens (tertiary/aromatic N) is 3. The first-order valence-corrected chi connectivity index (χ1v) is 20.3. The van der Waals surface area contributed by atoms with Crippen molar-refractivity contribution < 1.29 is 28.0 Å². The summed E-state index contributed by atoms with van der Waals surface area (Å²) in [5.74, 6) is 1.71. The summed E-state index contributed by atoms with van der Waals surface area (Å²) in [6.45, 7) is 3.79. The van der Waals surface area contributed by atoms with Crippen LogP contribution in [0.4, 0.5) is 5.69 Å². The summed E-state index contributed by atoms with van der Waals surface area (Å²) in [6.07, 6.45) is 11.2. The molecule has 4 heterocycles. The molecule has 9 rings (SSSR count). The molecular formula is C40H45ClN4O6S. The molecule has 6 aliphatic rings. The molecular weight excluding hydrogens is 700 g/mol. The number of benzene rings is 2. The van der Waals surface area contributed by atoms with Crippen LogP contribution in [0.5, 0.6) is 5.75 Å². The number of hydrogen-bond donors (Lipinski definition) is 2. The van der Waals surface area contributed by atoms with Gasteiger partial charge in [0.1, 0.15) is 11.1 Å². The minimum absolute atomic E-state index is 0.0672. The molecule has 0 saturated heterocycles. The van der Waals surface area contributed by atoms with Crippen molar-refractivity contribution in [3.63, 3.8) is 0 Å². The summed E-state index contributed by atoms with van der Waals surface area (Å²) in [7, 11) is -0.724. The maximum atomic E-state index is 13.9. The molecule has 2 unspecified atom stereocenters. The van der Waals surface area contributed by atoms with Gasteiger partial charge in [0.25, 0.3) is 11.8 Å². The fourth-order valence-electron chi connectivity index (χ4n) is 9.42. The van der Waals surface area contributed by atoms with E-state index in [1.807, 2.05) is 22.8 Å². The third-order valence-electron chi connectivity index (χ3n) is 12.4. The number of anilines is 1. The zero-order valence-electron chi connectivity index (χ0n) is 29.3. The molecule has 1 spiro atoms. The lowest BCUT2D eigenvalue weighted by Gasteiger charge is -2.46. The topological polar surface area (TPSA) is 111 Å². The molecule has 2 bridgehead atoms. The van der Waals surface area contributed by atoms with Crippen LogP contribution in [-0.4, -0.2) is 65.5 Å². The Hall–Kier alpha value is -3.64. The number of amides is 2. The SMILES string of the molecule is CO[C@H]1/C=C/CCC(NC(=O)c2cc3n(c2)CCOC3)/[SH](=O)=N\C(=O)c2ccc3c(c2)N(C[C@@H]2CC[C@H]21)C[C@]1(CO3)C[C@@H]2C[C@@H]2c2cc(Cl)ccc21. The maximum Gasteiger partial charge on any atom is 0.285 e. The Morgan fingerprint density at radius 3 is 2.87 bits per heavy atom. The summed E-state index contributed by atoms with van der Waals surface area (Å²) in [4.78, 5) is 29.7. The number of nitrogens with one attached hydrogen (secondary N) is 1.